The van der Waals surface area contributed by atoms with Crippen LogP contribution in [0.2, 0.25) is 0 Å². The molecular formula is C10H15F3N4. The average Bonchev–Trinajstić information content (AvgIpc) is 2.96. The summed E-state index contributed by atoms with van der Waals surface area (Å²) in [7, 11) is 0. The summed E-state index contributed by atoms with van der Waals surface area (Å²) in [5.74, 6) is 0.388. The predicted molar refractivity (Wildman–Crippen MR) is 57.3 cm³/mol. The van der Waals surface area contributed by atoms with Crippen molar-refractivity contribution in [3.63, 3.8) is 0 Å². The Morgan fingerprint density at radius 2 is 2.18 bits per heavy atom. The van der Waals surface area contributed by atoms with Gasteiger partial charge in [-0.1, -0.05) is 0 Å². The molecule has 7 heteroatoms. The van der Waals surface area contributed by atoms with E-state index in [-0.39, 0.29) is 6.04 Å². The highest BCUT2D eigenvalue weighted by Crippen LogP contribution is 2.29. The highest BCUT2D eigenvalue weighted by Gasteiger charge is 2.37. The van der Waals surface area contributed by atoms with Crippen molar-refractivity contribution in [3.05, 3.63) is 12.3 Å². The number of hydrogen-bond acceptors (Lipinski definition) is 3. The smallest absolute Gasteiger partial charge is 0.382 e. The van der Waals surface area contributed by atoms with Gasteiger partial charge >= 0.3 is 6.18 Å². The van der Waals surface area contributed by atoms with Crippen molar-refractivity contribution in [1.29, 1.82) is 0 Å². The zero-order valence-corrected chi connectivity index (χ0v) is 9.32. The maximum Gasteiger partial charge on any atom is 0.401 e. The van der Waals surface area contributed by atoms with E-state index in [0.29, 0.717) is 18.9 Å². The minimum atomic E-state index is -4.13. The van der Waals surface area contributed by atoms with E-state index in [9.17, 15) is 13.2 Å². The van der Waals surface area contributed by atoms with Gasteiger partial charge in [-0.15, -0.1) is 0 Å². The number of aromatic nitrogens is 2. The lowest BCUT2D eigenvalue weighted by Gasteiger charge is -2.23. The van der Waals surface area contributed by atoms with Gasteiger partial charge < -0.3 is 5.73 Å². The first kappa shape index (κ1) is 12.2. The minimum absolute atomic E-state index is 0.0875. The van der Waals surface area contributed by atoms with E-state index in [4.69, 9.17) is 5.73 Å². The van der Waals surface area contributed by atoms with Crippen LogP contribution in [0, 0.1) is 0 Å². The van der Waals surface area contributed by atoms with Gasteiger partial charge in [0.1, 0.15) is 5.82 Å². The molecule has 2 rings (SSSR count). The zero-order valence-electron chi connectivity index (χ0n) is 9.32. The van der Waals surface area contributed by atoms with Crippen LogP contribution >= 0.6 is 0 Å². The molecule has 2 N–H and O–H groups in total. The molecule has 0 radical (unpaired) electrons. The standard InChI is InChI=1S/C10H15F3N4/c11-10(12,13)7-16(8-1-2-8)5-6-17-4-3-9(14)15-17/h3-4,8H,1-2,5-7H2,(H2,14,15). The van der Waals surface area contributed by atoms with Crippen LogP contribution < -0.4 is 5.73 Å². The number of rotatable bonds is 5. The summed E-state index contributed by atoms with van der Waals surface area (Å²) in [5.41, 5.74) is 5.43. The van der Waals surface area contributed by atoms with E-state index >= 15 is 0 Å². The number of anilines is 1. The van der Waals surface area contributed by atoms with Gasteiger partial charge in [-0.05, 0) is 18.9 Å². The normalized spacial score (nSPS) is 16.7. The molecule has 17 heavy (non-hydrogen) atoms. The Labute approximate surface area is 97.2 Å². The second-order valence-corrected chi connectivity index (χ2v) is 4.32. The fraction of sp³-hybridized carbons (Fsp3) is 0.700. The fourth-order valence-electron chi connectivity index (χ4n) is 1.79. The summed E-state index contributed by atoms with van der Waals surface area (Å²) in [4.78, 5) is 1.47. The van der Waals surface area contributed by atoms with Crippen molar-refractivity contribution in [1.82, 2.24) is 14.7 Å². The van der Waals surface area contributed by atoms with Crippen molar-refractivity contribution in [3.8, 4) is 0 Å². The zero-order chi connectivity index (χ0) is 12.5. The van der Waals surface area contributed by atoms with Gasteiger partial charge in [0.2, 0.25) is 0 Å². The molecule has 0 aromatic carbocycles. The fourth-order valence-corrected chi connectivity index (χ4v) is 1.79. The molecule has 1 aromatic rings. The SMILES string of the molecule is Nc1ccn(CCN(CC(F)(F)F)C2CC2)n1. The van der Waals surface area contributed by atoms with Gasteiger partial charge in [0.25, 0.3) is 0 Å². The third-order valence-corrected chi connectivity index (χ3v) is 2.72. The van der Waals surface area contributed by atoms with Crippen LogP contribution in [-0.2, 0) is 6.54 Å². The molecule has 0 aliphatic heterocycles. The maximum absolute atomic E-state index is 12.3. The van der Waals surface area contributed by atoms with Crippen LogP contribution in [0.1, 0.15) is 12.8 Å². The molecule has 1 fully saturated rings. The van der Waals surface area contributed by atoms with Crippen LogP contribution in [0.5, 0.6) is 0 Å². The first-order chi connectivity index (χ1) is 7.94. The Morgan fingerprint density at radius 1 is 1.47 bits per heavy atom. The topological polar surface area (TPSA) is 47.1 Å². The molecular weight excluding hydrogens is 233 g/mol. The average molecular weight is 248 g/mol. The number of nitrogens with two attached hydrogens (primary N) is 1. The molecule has 0 spiro atoms. The van der Waals surface area contributed by atoms with Crippen molar-refractivity contribution < 1.29 is 13.2 Å². The first-order valence-electron chi connectivity index (χ1n) is 5.54. The molecule has 1 heterocycles. The van der Waals surface area contributed by atoms with Crippen molar-refractivity contribution in [2.75, 3.05) is 18.8 Å². The highest BCUT2D eigenvalue weighted by atomic mass is 19.4. The van der Waals surface area contributed by atoms with Crippen LogP contribution in [-0.4, -0.2) is 40.0 Å². The number of alkyl halides is 3. The van der Waals surface area contributed by atoms with E-state index in [2.05, 4.69) is 5.10 Å². The third-order valence-electron chi connectivity index (χ3n) is 2.72. The summed E-state index contributed by atoms with van der Waals surface area (Å²) in [5, 5.41) is 3.95. The molecule has 0 saturated heterocycles. The van der Waals surface area contributed by atoms with Crippen LogP contribution in [0.3, 0.4) is 0 Å². The second-order valence-electron chi connectivity index (χ2n) is 4.32. The van der Waals surface area contributed by atoms with Gasteiger partial charge in [0.05, 0.1) is 13.1 Å². The van der Waals surface area contributed by atoms with Gasteiger partial charge in [0.15, 0.2) is 0 Å². The lowest BCUT2D eigenvalue weighted by Crippen LogP contribution is -2.38. The largest absolute Gasteiger partial charge is 0.401 e. The molecule has 0 atom stereocenters. The molecule has 0 unspecified atom stereocenters. The van der Waals surface area contributed by atoms with E-state index in [1.165, 1.54) is 4.90 Å². The Kier molecular flexibility index (Phi) is 3.28. The molecule has 1 saturated carbocycles. The first-order valence-corrected chi connectivity index (χ1v) is 5.54. The molecule has 96 valence electrons. The van der Waals surface area contributed by atoms with Crippen LogP contribution in [0.15, 0.2) is 12.3 Å². The van der Waals surface area contributed by atoms with Gasteiger partial charge in [-0.25, -0.2) is 0 Å². The molecule has 4 nitrogen and oxygen atoms in total. The molecule has 1 aromatic heterocycles. The summed E-state index contributed by atoms with van der Waals surface area (Å²) in [6.45, 7) is -0.0521. The summed E-state index contributed by atoms with van der Waals surface area (Å²) < 4.78 is 38.6. The summed E-state index contributed by atoms with van der Waals surface area (Å²) in [6, 6.07) is 1.72. The van der Waals surface area contributed by atoms with Crippen molar-refractivity contribution >= 4 is 5.82 Å². The molecule has 0 amide bonds. The number of hydrogen-bond donors (Lipinski definition) is 1. The maximum atomic E-state index is 12.3. The molecule has 1 aliphatic carbocycles. The minimum Gasteiger partial charge on any atom is -0.382 e. The second kappa shape index (κ2) is 4.56. The van der Waals surface area contributed by atoms with Gasteiger partial charge in [-0.3, -0.25) is 9.58 Å². The third kappa shape index (κ3) is 3.92. The Morgan fingerprint density at radius 3 is 2.65 bits per heavy atom. The van der Waals surface area contributed by atoms with Gasteiger partial charge in [0, 0.05) is 18.8 Å². The number of nitrogen functional groups attached to an aromatic ring is 1. The summed E-state index contributed by atoms with van der Waals surface area (Å²) >= 11 is 0. The highest BCUT2D eigenvalue weighted by molar-refractivity contribution is 5.23. The van der Waals surface area contributed by atoms with Crippen LogP contribution in [0.25, 0.3) is 0 Å². The van der Waals surface area contributed by atoms with Crippen LogP contribution in [0.4, 0.5) is 19.0 Å². The quantitative estimate of drug-likeness (QED) is 0.858. The number of nitrogens with zero attached hydrogens (tertiary/aromatic N) is 3. The Balaban J connectivity index is 1.85. The monoisotopic (exact) mass is 248 g/mol. The van der Waals surface area contributed by atoms with Crippen molar-refractivity contribution in [2.45, 2.75) is 31.6 Å². The van der Waals surface area contributed by atoms with E-state index in [1.807, 2.05) is 0 Å². The Bertz CT molecular complexity index is 370. The van der Waals surface area contributed by atoms with Crippen molar-refractivity contribution in [2.24, 2.45) is 0 Å². The number of halogens is 3. The lowest BCUT2D eigenvalue weighted by atomic mass is 10.4. The molecule has 1 aliphatic rings. The van der Waals surface area contributed by atoms with Gasteiger partial charge in [-0.2, -0.15) is 18.3 Å². The predicted octanol–water partition coefficient (Wildman–Crippen LogP) is 1.49. The Hall–Kier alpha value is -1.24. The van der Waals surface area contributed by atoms with E-state index in [1.54, 1.807) is 16.9 Å². The lowest BCUT2D eigenvalue weighted by molar-refractivity contribution is -0.147. The van der Waals surface area contributed by atoms with E-state index < -0.39 is 12.7 Å². The van der Waals surface area contributed by atoms with E-state index in [0.717, 1.165) is 12.8 Å². The molecule has 0 bridgehead atoms. The summed E-state index contributed by atoms with van der Waals surface area (Å²) in [6.07, 6.45) is -0.742.